The number of carbonyl (C=O) groups excluding carboxylic acids is 2. The Hall–Kier alpha value is -0.630. The molecule has 0 aliphatic rings. The van der Waals surface area contributed by atoms with Crippen LogP contribution in [0.1, 0.15) is 20.7 Å². The van der Waals surface area contributed by atoms with Gasteiger partial charge in [0.1, 0.15) is 0 Å². The Labute approximate surface area is 101 Å². The van der Waals surface area contributed by atoms with E-state index in [2.05, 4.69) is 15.9 Å². The van der Waals surface area contributed by atoms with E-state index in [0.717, 1.165) is 0 Å². The lowest BCUT2D eigenvalue weighted by molar-refractivity contribution is -0.256. The van der Waals surface area contributed by atoms with Gasteiger partial charge in [-0.3, -0.25) is 0 Å². The van der Waals surface area contributed by atoms with Gasteiger partial charge in [-0.05, 0) is 34.7 Å². The number of carbonyl (C=O) groups is 2. The molecule has 0 unspecified atom stereocenters. The summed E-state index contributed by atoms with van der Waals surface area (Å²) in [5, 5.41) is 21.1. The van der Waals surface area contributed by atoms with Crippen LogP contribution < -0.4 is 10.2 Å². The average Bonchev–Trinajstić information content (AvgIpc) is 2.07. The van der Waals surface area contributed by atoms with Gasteiger partial charge in [-0.1, -0.05) is 15.9 Å². The van der Waals surface area contributed by atoms with Gasteiger partial charge in [0.25, 0.3) is 0 Å². The number of rotatable bonds is 2. The number of hydrogen-bond acceptors (Lipinski definition) is 4. The van der Waals surface area contributed by atoms with E-state index in [1.54, 1.807) is 22.6 Å². The van der Waals surface area contributed by atoms with Crippen LogP contribution >= 0.6 is 38.5 Å². The van der Waals surface area contributed by atoms with Gasteiger partial charge in [-0.2, -0.15) is 0 Å². The molecule has 0 N–H and O–H groups in total. The second kappa shape index (κ2) is 4.26. The van der Waals surface area contributed by atoms with Gasteiger partial charge >= 0.3 is 0 Å². The summed E-state index contributed by atoms with van der Waals surface area (Å²) >= 11 is 4.65. The van der Waals surface area contributed by atoms with Crippen LogP contribution in [0, 0.1) is 3.57 Å². The molecular weight excluding hydrogens is 367 g/mol. The molecule has 0 radical (unpaired) electrons. The number of benzene rings is 1. The standard InChI is InChI=1S/C8H4BrIO4/c9-5-1-4(8(13)14)6(10)2-3(5)7(11)12/h1-2H,(H,11,12)(H,13,14)/p-2. The topological polar surface area (TPSA) is 80.3 Å². The largest absolute Gasteiger partial charge is 0.545 e. The predicted molar refractivity (Wildman–Crippen MR) is 55.5 cm³/mol. The van der Waals surface area contributed by atoms with E-state index in [1.807, 2.05) is 0 Å². The predicted octanol–water partition coefficient (Wildman–Crippen LogP) is -0.219. The molecule has 0 bridgehead atoms. The molecule has 4 nitrogen and oxygen atoms in total. The van der Waals surface area contributed by atoms with Gasteiger partial charge in [-0.25, -0.2) is 0 Å². The zero-order chi connectivity index (χ0) is 10.9. The summed E-state index contributed by atoms with van der Waals surface area (Å²) in [4.78, 5) is 21.1. The highest BCUT2D eigenvalue weighted by atomic mass is 127. The minimum atomic E-state index is -1.36. The molecule has 1 aromatic rings. The monoisotopic (exact) mass is 368 g/mol. The maximum atomic E-state index is 10.6. The molecule has 0 saturated carbocycles. The Bertz CT molecular complexity index is 376. The first-order chi connectivity index (χ1) is 6.43. The average molecular weight is 369 g/mol. The third-order valence-corrected chi connectivity index (χ3v) is 3.05. The molecule has 0 heterocycles. The van der Waals surface area contributed by atoms with Gasteiger partial charge in [0.2, 0.25) is 0 Å². The van der Waals surface area contributed by atoms with Crippen molar-refractivity contribution in [3.8, 4) is 0 Å². The number of halogens is 2. The van der Waals surface area contributed by atoms with E-state index in [4.69, 9.17) is 0 Å². The summed E-state index contributed by atoms with van der Waals surface area (Å²) < 4.78 is 0.460. The summed E-state index contributed by atoms with van der Waals surface area (Å²) in [5.74, 6) is -2.71. The third kappa shape index (κ3) is 2.24. The second-order valence-corrected chi connectivity index (χ2v) is 4.40. The van der Waals surface area contributed by atoms with Crippen molar-refractivity contribution in [2.75, 3.05) is 0 Å². The molecule has 0 saturated heterocycles. The molecular formula is C8H2BrIO4-2. The highest BCUT2D eigenvalue weighted by Gasteiger charge is 2.07. The molecule has 0 aliphatic heterocycles. The van der Waals surface area contributed by atoms with Crippen molar-refractivity contribution in [3.05, 3.63) is 31.3 Å². The smallest absolute Gasteiger partial charge is 0.0727 e. The fraction of sp³-hybridized carbons (Fsp3) is 0. The first-order valence-electron chi connectivity index (χ1n) is 3.35. The number of aromatic carboxylic acids is 2. The van der Waals surface area contributed by atoms with Crippen LogP contribution in [0.4, 0.5) is 0 Å². The zero-order valence-corrected chi connectivity index (χ0v) is 10.3. The molecule has 6 heteroatoms. The van der Waals surface area contributed by atoms with Crippen LogP contribution in [0.2, 0.25) is 0 Å². The molecule has 0 spiro atoms. The van der Waals surface area contributed by atoms with E-state index >= 15 is 0 Å². The Morgan fingerprint density at radius 2 is 1.64 bits per heavy atom. The van der Waals surface area contributed by atoms with Crippen molar-refractivity contribution < 1.29 is 19.8 Å². The Morgan fingerprint density at radius 1 is 1.14 bits per heavy atom. The summed E-state index contributed by atoms with van der Waals surface area (Å²) in [6.07, 6.45) is 0. The van der Waals surface area contributed by atoms with E-state index in [9.17, 15) is 19.8 Å². The molecule has 1 rings (SSSR count). The van der Waals surface area contributed by atoms with E-state index in [-0.39, 0.29) is 15.6 Å². The molecule has 14 heavy (non-hydrogen) atoms. The van der Waals surface area contributed by atoms with Crippen molar-refractivity contribution in [1.29, 1.82) is 0 Å². The van der Waals surface area contributed by atoms with E-state index < -0.39 is 11.9 Å². The minimum Gasteiger partial charge on any atom is -0.545 e. The van der Waals surface area contributed by atoms with Gasteiger partial charge < -0.3 is 19.8 Å². The van der Waals surface area contributed by atoms with Crippen molar-refractivity contribution in [2.45, 2.75) is 0 Å². The summed E-state index contributed by atoms with van der Waals surface area (Å²) in [6.45, 7) is 0. The minimum absolute atomic E-state index is 0.0533. The van der Waals surface area contributed by atoms with Crippen molar-refractivity contribution in [2.24, 2.45) is 0 Å². The third-order valence-electron chi connectivity index (χ3n) is 1.50. The normalized spacial score (nSPS) is 9.86. The lowest BCUT2D eigenvalue weighted by atomic mass is 10.1. The fourth-order valence-electron chi connectivity index (χ4n) is 0.860. The Kier molecular flexibility index (Phi) is 3.48. The highest BCUT2D eigenvalue weighted by Crippen LogP contribution is 2.22. The van der Waals surface area contributed by atoms with Crippen molar-refractivity contribution >= 4 is 50.5 Å². The fourth-order valence-corrected chi connectivity index (χ4v) is 2.05. The highest BCUT2D eigenvalue weighted by molar-refractivity contribution is 14.1. The maximum absolute atomic E-state index is 10.6. The number of hydrogen-bond donors (Lipinski definition) is 0. The number of carboxylic acid groups (broad SMARTS) is 2. The summed E-state index contributed by atoms with van der Waals surface area (Å²) in [7, 11) is 0. The van der Waals surface area contributed by atoms with Gasteiger partial charge in [0.05, 0.1) is 11.9 Å². The molecule has 0 fully saturated rings. The molecule has 0 aromatic heterocycles. The van der Waals surface area contributed by atoms with Crippen molar-refractivity contribution in [3.63, 3.8) is 0 Å². The zero-order valence-electron chi connectivity index (χ0n) is 6.54. The Morgan fingerprint density at radius 3 is 2.07 bits per heavy atom. The lowest BCUT2D eigenvalue weighted by Gasteiger charge is -2.11. The van der Waals surface area contributed by atoms with Crippen LogP contribution in [0.5, 0.6) is 0 Å². The van der Waals surface area contributed by atoms with E-state index in [0.29, 0.717) is 3.57 Å². The van der Waals surface area contributed by atoms with Crippen LogP contribution in [0.15, 0.2) is 16.6 Å². The van der Waals surface area contributed by atoms with E-state index in [1.165, 1.54) is 12.1 Å². The van der Waals surface area contributed by atoms with Crippen LogP contribution in [0.25, 0.3) is 0 Å². The molecule has 74 valence electrons. The maximum Gasteiger partial charge on any atom is 0.0727 e. The molecule has 0 atom stereocenters. The molecule has 0 aliphatic carbocycles. The van der Waals surface area contributed by atoms with Gasteiger partial charge in [0.15, 0.2) is 0 Å². The quantitative estimate of drug-likeness (QED) is 0.676. The molecule has 1 aromatic carbocycles. The van der Waals surface area contributed by atoms with Crippen LogP contribution in [0.3, 0.4) is 0 Å². The Balaban J connectivity index is 3.38. The van der Waals surface area contributed by atoms with Crippen LogP contribution in [-0.4, -0.2) is 11.9 Å². The second-order valence-electron chi connectivity index (χ2n) is 2.39. The van der Waals surface area contributed by atoms with Gasteiger partial charge in [-0.15, -0.1) is 0 Å². The van der Waals surface area contributed by atoms with Crippen LogP contribution in [-0.2, 0) is 0 Å². The first-order valence-corrected chi connectivity index (χ1v) is 5.22. The SMILES string of the molecule is O=C([O-])c1cc(I)c(C(=O)[O-])cc1Br. The lowest BCUT2D eigenvalue weighted by Crippen LogP contribution is -2.26. The summed E-state index contributed by atoms with van der Waals surface area (Å²) in [5.41, 5.74) is -0.137. The van der Waals surface area contributed by atoms with Crippen molar-refractivity contribution in [1.82, 2.24) is 0 Å². The van der Waals surface area contributed by atoms with Gasteiger partial charge in [0, 0.05) is 19.2 Å². The summed E-state index contributed by atoms with van der Waals surface area (Å²) in [6, 6.07) is 2.40. The molecule has 0 amide bonds. The number of carboxylic acids is 2. The first kappa shape index (κ1) is 11.4.